The number of anilines is 1. The molecule has 8 heteroatoms. The summed E-state index contributed by atoms with van der Waals surface area (Å²) in [4.78, 5) is 15.0. The largest absolute Gasteiger partial charge is 0.495 e. The Balaban J connectivity index is 1.39. The molecule has 0 radical (unpaired) electrons. The molecule has 0 bridgehead atoms. The van der Waals surface area contributed by atoms with Gasteiger partial charge in [-0.1, -0.05) is 17.7 Å². The number of carbonyl (C=O) groups excluding carboxylic acids is 1. The maximum atomic E-state index is 12.8. The van der Waals surface area contributed by atoms with Gasteiger partial charge in [-0.2, -0.15) is 0 Å². The van der Waals surface area contributed by atoms with Crippen LogP contribution in [-0.2, 0) is 4.79 Å². The van der Waals surface area contributed by atoms with E-state index in [0.717, 1.165) is 37.4 Å². The number of piperidine rings is 1. The van der Waals surface area contributed by atoms with Crippen LogP contribution in [0, 0.1) is 0 Å². The van der Waals surface area contributed by atoms with Crippen LogP contribution in [0.25, 0.3) is 5.65 Å². The third-order valence-electron chi connectivity index (χ3n) is 5.58. The van der Waals surface area contributed by atoms with Gasteiger partial charge in [0.2, 0.25) is 5.91 Å². The summed E-state index contributed by atoms with van der Waals surface area (Å²) >= 11 is 6.06. The number of pyridine rings is 1. The van der Waals surface area contributed by atoms with Gasteiger partial charge in [-0.3, -0.25) is 14.1 Å². The maximum Gasteiger partial charge on any atom is 0.241 e. The minimum absolute atomic E-state index is 0.0723. The van der Waals surface area contributed by atoms with E-state index in [2.05, 4.69) is 24.8 Å². The molecule has 1 unspecified atom stereocenters. The van der Waals surface area contributed by atoms with Crippen molar-refractivity contribution in [1.82, 2.24) is 19.5 Å². The molecule has 1 aromatic carbocycles. The summed E-state index contributed by atoms with van der Waals surface area (Å²) in [5.74, 6) is 1.86. The number of halogens is 1. The molecule has 4 rings (SSSR count). The number of nitrogens with zero attached hydrogens (tertiary/aromatic N) is 4. The fraction of sp³-hybridized carbons (Fsp3) is 0.381. The van der Waals surface area contributed by atoms with Gasteiger partial charge in [0, 0.05) is 17.1 Å². The number of likely N-dealkylation sites (tertiary alicyclic amines) is 1. The first kappa shape index (κ1) is 19.7. The minimum atomic E-state index is -0.255. The first-order chi connectivity index (χ1) is 14.1. The molecule has 1 N–H and O–H groups in total. The van der Waals surface area contributed by atoms with Crippen LogP contribution >= 0.6 is 11.6 Å². The first-order valence-electron chi connectivity index (χ1n) is 9.75. The van der Waals surface area contributed by atoms with Crippen LogP contribution in [0.15, 0.2) is 42.6 Å². The molecule has 7 nitrogen and oxygen atoms in total. The Morgan fingerprint density at radius 1 is 1.24 bits per heavy atom. The standard InChI is InChI=1S/C21H24ClN5O2/c1-14(21(28)23-17-13-16(22)6-7-18(17)29-2)26-11-8-15(9-12-26)20-25-24-19-5-3-4-10-27(19)20/h3-7,10,13-15H,8-9,11-12H2,1-2H3,(H,23,28). The highest BCUT2D eigenvalue weighted by atomic mass is 35.5. The van der Waals surface area contributed by atoms with E-state index < -0.39 is 0 Å². The number of rotatable bonds is 5. The Bertz CT molecular complexity index is 1010. The van der Waals surface area contributed by atoms with E-state index in [1.54, 1.807) is 25.3 Å². The third-order valence-corrected chi connectivity index (χ3v) is 5.82. The summed E-state index contributed by atoms with van der Waals surface area (Å²) in [6.45, 7) is 3.58. The Morgan fingerprint density at radius 3 is 2.79 bits per heavy atom. The Hall–Kier alpha value is -2.64. The fourth-order valence-electron chi connectivity index (χ4n) is 3.86. The Kier molecular flexibility index (Phi) is 5.69. The summed E-state index contributed by atoms with van der Waals surface area (Å²) in [5.41, 5.74) is 1.45. The van der Waals surface area contributed by atoms with Crippen molar-refractivity contribution < 1.29 is 9.53 Å². The van der Waals surface area contributed by atoms with Crippen LogP contribution in [-0.4, -0.2) is 51.6 Å². The number of methoxy groups -OCH3 is 1. The number of amides is 1. The lowest BCUT2D eigenvalue weighted by molar-refractivity contribution is -0.121. The number of nitrogens with one attached hydrogen (secondary N) is 1. The van der Waals surface area contributed by atoms with Crippen LogP contribution in [0.3, 0.4) is 0 Å². The molecule has 1 aliphatic rings. The van der Waals surface area contributed by atoms with Crippen molar-refractivity contribution in [3.05, 3.63) is 53.4 Å². The summed E-state index contributed by atoms with van der Waals surface area (Å²) in [7, 11) is 1.57. The molecule has 152 valence electrons. The lowest BCUT2D eigenvalue weighted by Crippen LogP contribution is -2.46. The number of carbonyl (C=O) groups is 1. The summed E-state index contributed by atoms with van der Waals surface area (Å²) in [6, 6.07) is 10.8. The lowest BCUT2D eigenvalue weighted by atomic mass is 9.95. The van der Waals surface area contributed by atoms with Crippen molar-refractivity contribution in [2.24, 2.45) is 0 Å². The van der Waals surface area contributed by atoms with Crippen molar-refractivity contribution in [3.63, 3.8) is 0 Å². The van der Waals surface area contributed by atoms with Crippen molar-refractivity contribution in [2.45, 2.75) is 31.7 Å². The van der Waals surface area contributed by atoms with Gasteiger partial charge < -0.3 is 10.1 Å². The number of fused-ring (bicyclic) bond motifs is 1. The molecular formula is C21H24ClN5O2. The average Bonchev–Trinajstić information content (AvgIpc) is 3.17. The molecule has 0 saturated carbocycles. The Morgan fingerprint density at radius 2 is 2.03 bits per heavy atom. The molecule has 29 heavy (non-hydrogen) atoms. The summed E-state index contributed by atoms with van der Waals surface area (Å²) in [5, 5.41) is 12.2. The molecular weight excluding hydrogens is 390 g/mol. The van der Waals surface area contributed by atoms with E-state index in [1.807, 2.05) is 31.3 Å². The van der Waals surface area contributed by atoms with E-state index in [1.165, 1.54) is 0 Å². The van der Waals surface area contributed by atoms with E-state index >= 15 is 0 Å². The van der Waals surface area contributed by atoms with Crippen LogP contribution in [0.5, 0.6) is 5.75 Å². The number of benzene rings is 1. The quantitative estimate of drug-likeness (QED) is 0.692. The minimum Gasteiger partial charge on any atom is -0.495 e. The smallest absolute Gasteiger partial charge is 0.241 e. The van der Waals surface area contributed by atoms with Crippen molar-refractivity contribution in [3.8, 4) is 5.75 Å². The zero-order valence-corrected chi connectivity index (χ0v) is 17.3. The van der Waals surface area contributed by atoms with Crippen LogP contribution in [0.4, 0.5) is 5.69 Å². The van der Waals surface area contributed by atoms with E-state index in [4.69, 9.17) is 16.3 Å². The summed E-state index contributed by atoms with van der Waals surface area (Å²) in [6.07, 6.45) is 3.88. The number of hydrogen-bond acceptors (Lipinski definition) is 5. The second-order valence-electron chi connectivity index (χ2n) is 7.31. The van der Waals surface area contributed by atoms with Crippen molar-refractivity contribution in [2.75, 3.05) is 25.5 Å². The van der Waals surface area contributed by atoms with Gasteiger partial charge in [0.25, 0.3) is 0 Å². The molecule has 3 aromatic rings. The summed E-state index contributed by atoms with van der Waals surface area (Å²) < 4.78 is 7.37. The van der Waals surface area contributed by atoms with Gasteiger partial charge in [0.1, 0.15) is 11.6 Å². The molecule has 1 atom stereocenters. The third kappa shape index (κ3) is 4.06. The monoisotopic (exact) mass is 413 g/mol. The normalized spacial score (nSPS) is 16.7. The second kappa shape index (κ2) is 8.39. The van der Waals surface area contributed by atoms with E-state index in [-0.39, 0.29) is 11.9 Å². The van der Waals surface area contributed by atoms with Crippen molar-refractivity contribution in [1.29, 1.82) is 0 Å². The zero-order valence-electron chi connectivity index (χ0n) is 16.5. The van der Waals surface area contributed by atoms with Crippen molar-refractivity contribution >= 4 is 28.8 Å². The highest BCUT2D eigenvalue weighted by molar-refractivity contribution is 6.31. The molecule has 1 saturated heterocycles. The predicted molar refractivity (Wildman–Crippen MR) is 113 cm³/mol. The highest BCUT2D eigenvalue weighted by Gasteiger charge is 2.29. The maximum absolute atomic E-state index is 12.8. The van der Waals surface area contributed by atoms with Gasteiger partial charge >= 0.3 is 0 Å². The molecule has 2 aromatic heterocycles. The topological polar surface area (TPSA) is 71.8 Å². The van der Waals surface area contributed by atoms with Gasteiger partial charge in [-0.25, -0.2) is 0 Å². The molecule has 1 amide bonds. The predicted octanol–water partition coefficient (Wildman–Crippen LogP) is 3.60. The molecule has 0 aliphatic carbocycles. The van der Waals surface area contributed by atoms with Gasteiger partial charge in [-0.05, 0) is 63.2 Å². The fourth-order valence-corrected chi connectivity index (χ4v) is 4.04. The number of ether oxygens (including phenoxy) is 1. The molecule has 3 heterocycles. The highest BCUT2D eigenvalue weighted by Crippen LogP contribution is 2.30. The first-order valence-corrected chi connectivity index (χ1v) is 10.1. The molecule has 0 spiro atoms. The zero-order chi connectivity index (χ0) is 20.4. The van der Waals surface area contributed by atoms with Gasteiger partial charge in [0.15, 0.2) is 5.65 Å². The van der Waals surface area contributed by atoms with Crippen LogP contribution in [0.2, 0.25) is 5.02 Å². The SMILES string of the molecule is COc1ccc(Cl)cc1NC(=O)C(C)N1CCC(c2nnc3ccccn23)CC1. The van der Waals surface area contributed by atoms with Gasteiger partial charge in [-0.15, -0.1) is 10.2 Å². The number of aromatic nitrogens is 3. The van der Waals surface area contributed by atoms with Crippen LogP contribution in [0.1, 0.15) is 31.5 Å². The Labute approximate surface area is 174 Å². The molecule has 1 fully saturated rings. The van der Waals surface area contributed by atoms with E-state index in [0.29, 0.717) is 22.4 Å². The second-order valence-corrected chi connectivity index (χ2v) is 7.74. The van der Waals surface area contributed by atoms with Crippen LogP contribution < -0.4 is 10.1 Å². The molecule has 1 aliphatic heterocycles. The average molecular weight is 414 g/mol. The lowest BCUT2D eigenvalue weighted by Gasteiger charge is -2.34. The van der Waals surface area contributed by atoms with E-state index in [9.17, 15) is 4.79 Å². The van der Waals surface area contributed by atoms with Gasteiger partial charge in [0.05, 0.1) is 18.8 Å². The number of hydrogen-bond donors (Lipinski definition) is 1.